The predicted molar refractivity (Wildman–Crippen MR) is 107 cm³/mol. The van der Waals surface area contributed by atoms with Gasteiger partial charge in [-0.2, -0.15) is 0 Å². The Hall–Kier alpha value is -2.02. The van der Waals surface area contributed by atoms with E-state index in [0.717, 1.165) is 36.3 Å². The van der Waals surface area contributed by atoms with E-state index in [1.807, 2.05) is 30.5 Å². The molecule has 0 spiro atoms. The molecule has 3 amide bonds. The minimum Gasteiger partial charge on any atom is -0.354 e. The van der Waals surface area contributed by atoms with E-state index in [-0.39, 0.29) is 36.0 Å². The smallest absolute Gasteiger partial charge is 0.227 e. The Balaban J connectivity index is 1.42. The van der Waals surface area contributed by atoms with Gasteiger partial charge in [0.15, 0.2) is 0 Å². The minimum atomic E-state index is -0.344. The fraction of sp³-hybridized carbons (Fsp3) is 0.550. The summed E-state index contributed by atoms with van der Waals surface area (Å²) in [5, 5.41) is 5.74. The Morgan fingerprint density at radius 1 is 1.04 bits per heavy atom. The molecular weight excluding hydrogens is 362 g/mol. The molecule has 1 heterocycles. The molecule has 1 aliphatic heterocycles. The summed E-state index contributed by atoms with van der Waals surface area (Å²) in [6.07, 6.45) is 6.42. The Kier molecular flexibility index (Phi) is 6.77. The number of hydrogen-bond acceptors (Lipinski definition) is 4. The Morgan fingerprint density at radius 3 is 2.22 bits per heavy atom. The van der Waals surface area contributed by atoms with E-state index in [1.54, 1.807) is 16.7 Å². The lowest BCUT2D eigenvalue weighted by molar-refractivity contribution is -0.127. The van der Waals surface area contributed by atoms with Crippen LogP contribution in [-0.4, -0.2) is 43.6 Å². The maximum absolute atomic E-state index is 12.4. The van der Waals surface area contributed by atoms with Crippen molar-refractivity contribution in [2.24, 2.45) is 11.8 Å². The Bertz CT molecular complexity index is 686. The van der Waals surface area contributed by atoms with Crippen molar-refractivity contribution in [3.05, 3.63) is 24.3 Å². The van der Waals surface area contributed by atoms with Gasteiger partial charge in [0.25, 0.3) is 0 Å². The van der Waals surface area contributed by atoms with Gasteiger partial charge in [-0.1, -0.05) is 12.8 Å². The van der Waals surface area contributed by atoms with Gasteiger partial charge in [-0.05, 0) is 43.4 Å². The highest BCUT2D eigenvalue weighted by Gasteiger charge is 2.35. The molecule has 146 valence electrons. The molecule has 2 N–H and O–H groups in total. The molecule has 1 aromatic carbocycles. The van der Waals surface area contributed by atoms with Crippen molar-refractivity contribution in [3.63, 3.8) is 0 Å². The highest BCUT2D eigenvalue weighted by atomic mass is 32.2. The van der Waals surface area contributed by atoms with E-state index in [1.165, 1.54) is 0 Å². The third-order valence-electron chi connectivity index (χ3n) is 5.33. The number of amides is 3. The van der Waals surface area contributed by atoms with Crippen LogP contribution in [-0.2, 0) is 14.4 Å². The summed E-state index contributed by atoms with van der Waals surface area (Å²) in [6, 6.07) is 7.80. The summed E-state index contributed by atoms with van der Waals surface area (Å²) in [7, 11) is 0. The molecular formula is C20H27N3O3S. The molecule has 0 aromatic heterocycles. The third-order valence-corrected chi connectivity index (χ3v) is 6.07. The van der Waals surface area contributed by atoms with Crippen molar-refractivity contribution in [2.75, 3.05) is 30.8 Å². The van der Waals surface area contributed by atoms with Gasteiger partial charge in [0.05, 0.1) is 5.92 Å². The third kappa shape index (κ3) is 5.03. The molecule has 1 saturated carbocycles. The monoisotopic (exact) mass is 389 g/mol. The highest BCUT2D eigenvalue weighted by molar-refractivity contribution is 7.98. The fourth-order valence-electron chi connectivity index (χ4n) is 3.74. The first-order valence-corrected chi connectivity index (χ1v) is 10.8. The van der Waals surface area contributed by atoms with Crippen LogP contribution in [0.5, 0.6) is 0 Å². The zero-order valence-corrected chi connectivity index (χ0v) is 16.5. The fourth-order valence-corrected chi connectivity index (χ4v) is 4.15. The number of carbonyl (C=O) groups excluding carboxylic acids is 3. The van der Waals surface area contributed by atoms with Gasteiger partial charge >= 0.3 is 0 Å². The SMILES string of the molecule is CSc1ccc(N2CC(C(=O)NCCNC(=O)C3CCCC3)CC2=O)cc1. The average Bonchev–Trinajstić information content (AvgIpc) is 3.35. The zero-order valence-electron chi connectivity index (χ0n) is 15.7. The molecule has 1 aromatic rings. The van der Waals surface area contributed by atoms with Crippen LogP contribution in [0.4, 0.5) is 5.69 Å². The second kappa shape index (κ2) is 9.26. The van der Waals surface area contributed by atoms with Gasteiger partial charge in [0, 0.05) is 42.6 Å². The lowest BCUT2D eigenvalue weighted by Crippen LogP contribution is -2.39. The minimum absolute atomic E-state index is 0.0263. The topological polar surface area (TPSA) is 78.5 Å². The van der Waals surface area contributed by atoms with Gasteiger partial charge in [0.2, 0.25) is 17.7 Å². The standard InChI is InChI=1S/C20H27N3O3S/c1-27-17-8-6-16(7-9-17)23-13-15(12-18(23)24)20(26)22-11-10-21-19(25)14-4-2-3-5-14/h6-9,14-15H,2-5,10-13H2,1H3,(H,21,25)(H,22,26). The molecule has 7 heteroatoms. The number of thioether (sulfide) groups is 1. The number of hydrogen-bond donors (Lipinski definition) is 2. The molecule has 1 atom stereocenters. The van der Waals surface area contributed by atoms with Gasteiger partial charge in [0.1, 0.15) is 0 Å². The van der Waals surface area contributed by atoms with E-state index >= 15 is 0 Å². The summed E-state index contributed by atoms with van der Waals surface area (Å²) in [4.78, 5) is 39.4. The molecule has 1 saturated heterocycles. The number of nitrogens with zero attached hydrogens (tertiary/aromatic N) is 1. The largest absolute Gasteiger partial charge is 0.354 e. The Morgan fingerprint density at radius 2 is 1.63 bits per heavy atom. The molecule has 1 unspecified atom stereocenters. The van der Waals surface area contributed by atoms with E-state index in [9.17, 15) is 14.4 Å². The van der Waals surface area contributed by atoms with Crippen molar-refractivity contribution < 1.29 is 14.4 Å². The molecule has 2 aliphatic rings. The molecule has 6 nitrogen and oxygen atoms in total. The lowest BCUT2D eigenvalue weighted by Gasteiger charge is -2.17. The van der Waals surface area contributed by atoms with Crippen LogP contribution in [0.25, 0.3) is 0 Å². The first kappa shape index (κ1) is 19.7. The molecule has 0 radical (unpaired) electrons. The summed E-state index contributed by atoms with van der Waals surface area (Å²) < 4.78 is 0. The number of rotatable bonds is 7. The van der Waals surface area contributed by atoms with E-state index in [0.29, 0.717) is 19.6 Å². The Labute approximate surface area is 164 Å². The van der Waals surface area contributed by atoms with E-state index in [2.05, 4.69) is 10.6 Å². The second-order valence-electron chi connectivity index (χ2n) is 7.17. The van der Waals surface area contributed by atoms with Crippen LogP contribution in [0.3, 0.4) is 0 Å². The van der Waals surface area contributed by atoms with Crippen LogP contribution < -0.4 is 15.5 Å². The van der Waals surface area contributed by atoms with Gasteiger partial charge in [-0.25, -0.2) is 0 Å². The van der Waals surface area contributed by atoms with Crippen molar-refractivity contribution in [3.8, 4) is 0 Å². The first-order valence-electron chi connectivity index (χ1n) is 9.58. The van der Waals surface area contributed by atoms with Gasteiger partial charge in [-0.3, -0.25) is 14.4 Å². The van der Waals surface area contributed by atoms with Crippen molar-refractivity contribution in [1.82, 2.24) is 10.6 Å². The normalized spacial score (nSPS) is 20.1. The van der Waals surface area contributed by atoms with Crippen molar-refractivity contribution in [2.45, 2.75) is 37.0 Å². The van der Waals surface area contributed by atoms with Crippen molar-refractivity contribution in [1.29, 1.82) is 0 Å². The number of benzene rings is 1. The summed E-state index contributed by atoms with van der Waals surface area (Å²) >= 11 is 1.65. The van der Waals surface area contributed by atoms with Gasteiger partial charge < -0.3 is 15.5 Å². The number of anilines is 1. The number of carbonyl (C=O) groups is 3. The predicted octanol–water partition coefficient (Wildman–Crippen LogP) is 2.18. The van der Waals surface area contributed by atoms with Gasteiger partial charge in [-0.15, -0.1) is 11.8 Å². The molecule has 27 heavy (non-hydrogen) atoms. The molecule has 3 rings (SSSR count). The number of nitrogens with one attached hydrogen (secondary N) is 2. The van der Waals surface area contributed by atoms with Crippen LogP contribution in [0, 0.1) is 11.8 Å². The maximum atomic E-state index is 12.4. The van der Waals surface area contributed by atoms with E-state index in [4.69, 9.17) is 0 Å². The zero-order chi connectivity index (χ0) is 19.2. The van der Waals surface area contributed by atoms with Crippen LogP contribution in [0.15, 0.2) is 29.2 Å². The first-order chi connectivity index (χ1) is 13.1. The van der Waals surface area contributed by atoms with Crippen molar-refractivity contribution >= 4 is 35.2 Å². The summed E-state index contributed by atoms with van der Waals surface area (Å²) in [5.74, 6) is -0.261. The molecule has 0 bridgehead atoms. The second-order valence-corrected chi connectivity index (χ2v) is 8.05. The molecule has 1 aliphatic carbocycles. The van der Waals surface area contributed by atoms with E-state index < -0.39 is 0 Å². The summed E-state index contributed by atoms with van der Waals surface area (Å²) in [6.45, 7) is 1.23. The summed E-state index contributed by atoms with van der Waals surface area (Å²) in [5.41, 5.74) is 0.830. The van der Waals surface area contributed by atoms with Crippen LogP contribution in [0.1, 0.15) is 32.1 Å². The molecule has 2 fully saturated rings. The van der Waals surface area contributed by atoms with Crippen LogP contribution in [0.2, 0.25) is 0 Å². The lowest BCUT2D eigenvalue weighted by atomic mass is 10.1. The highest BCUT2D eigenvalue weighted by Crippen LogP contribution is 2.27. The average molecular weight is 390 g/mol. The quantitative estimate of drug-likeness (QED) is 0.553. The van der Waals surface area contributed by atoms with Crippen LogP contribution >= 0.6 is 11.8 Å². The maximum Gasteiger partial charge on any atom is 0.227 e.